The number of rotatable bonds is 7. The molecule has 1 aromatic heterocycles. The van der Waals surface area contributed by atoms with Crippen molar-refractivity contribution in [3.63, 3.8) is 0 Å². The van der Waals surface area contributed by atoms with Gasteiger partial charge < -0.3 is 15.3 Å². The molecule has 0 radical (unpaired) electrons. The van der Waals surface area contributed by atoms with Crippen molar-refractivity contribution in [2.24, 2.45) is 5.41 Å². The third kappa shape index (κ3) is 4.61. The Labute approximate surface area is 162 Å². The van der Waals surface area contributed by atoms with Gasteiger partial charge in [-0.3, -0.25) is 9.48 Å². The van der Waals surface area contributed by atoms with Crippen LogP contribution in [-0.4, -0.2) is 58.0 Å². The average Bonchev–Trinajstić information content (AvgIpc) is 3.05. The summed E-state index contributed by atoms with van der Waals surface area (Å²) in [6.07, 6.45) is 7.98. The van der Waals surface area contributed by atoms with Gasteiger partial charge in [0.1, 0.15) is 0 Å². The van der Waals surface area contributed by atoms with E-state index in [9.17, 15) is 9.90 Å². The molecule has 0 bridgehead atoms. The summed E-state index contributed by atoms with van der Waals surface area (Å²) in [5, 5.41) is 17.8. The average molecular weight is 375 g/mol. The van der Waals surface area contributed by atoms with E-state index in [2.05, 4.69) is 25.7 Å². The molecule has 1 aromatic rings. The highest BCUT2D eigenvalue weighted by Crippen LogP contribution is 2.27. The first kappa shape index (κ1) is 20.1. The summed E-state index contributed by atoms with van der Waals surface area (Å²) in [5.41, 5.74) is 2.80. The maximum Gasteiger partial charge on any atom is 0.274 e. The summed E-state index contributed by atoms with van der Waals surface area (Å²) in [7, 11) is 0. The van der Waals surface area contributed by atoms with Crippen LogP contribution >= 0.6 is 0 Å². The number of amides is 1. The minimum Gasteiger partial charge on any atom is -0.396 e. The maximum absolute atomic E-state index is 13.1. The Hall–Kier alpha value is -1.66. The zero-order valence-corrected chi connectivity index (χ0v) is 16.8. The van der Waals surface area contributed by atoms with Crippen LogP contribution in [0.5, 0.6) is 0 Å². The van der Waals surface area contributed by atoms with Crippen molar-refractivity contribution in [1.82, 2.24) is 20.0 Å². The van der Waals surface area contributed by atoms with E-state index in [1.807, 2.05) is 15.7 Å². The number of aliphatic hydroxyl groups is 1. The highest BCUT2D eigenvalue weighted by atomic mass is 16.3. The van der Waals surface area contributed by atoms with Crippen molar-refractivity contribution >= 4 is 5.91 Å². The second-order valence-corrected chi connectivity index (χ2v) is 8.74. The number of allylic oxidation sites excluding steroid dienone is 1. The second-order valence-electron chi connectivity index (χ2n) is 8.74. The van der Waals surface area contributed by atoms with Gasteiger partial charge in [0.2, 0.25) is 0 Å². The van der Waals surface area contributed by atoms with Gasteiger partial charge in [-0.2, -0.15) is 5.10 Å². The van der Waals surface area contributed by atoms with Crippen molar-refractivity contribution < 1.29 is 9.90 Å². The number of hydrogen-bond donors (Lipinski definition) is 2. The van der Waals surface area contributed by atoms with Gasteiger partial charge in [-0.25, -0.2) is 0 Å². The van der Waals surface area contributed by atoms with Gasteiger partial charge in [-0.1, -0.05) is 19.9 Å². The largest absolute Gasteiger partial charge is 0.396 e. The number of aliphatic hydroxyl groups excluding tert-OH is 1. The molecule has 0 saturated carbocycles. The SMILES string of the molecule is C=CCn1nc(C(=O)N2CCCCC2)c2c1CCC(NCC(C)(C)CO)C2. The topological polar surface area (TPSA) is 70.4 Å². The number of aromatic nitrogens is 2. The summed E-state index contributed by atoms with van der Waals surface area (Å²) >= 11 is 0. The molecule has 6 nitrogen and oxygen atoms in total. The van der Waals surface area contributed by atoms with Crippen LogP contribution in [0.4, 0.5) is 0 Å². The van der Waals surface area contributed by atoms with Crippen molar-refractivity contribution in [1.29, 1.82) is 0 Å². The molecule has 27 heavy (non-hydrogen) atoms. The lowest BCUT2D eigenvalue weighted by atomic mass is 9.89. The molecule has 2 heterocycles. The molecule has 1 amide bonds. The fraction of sp³-hybridized carbons (Fsp3) is 0.714. The molecule has 6 heteroatoms. The van der Waals surface area contributed by atoms with E-state index >= 15 is 0 Å². The number of fused-ring (bicyclic) bond motifs is 1. The minimum absolute atomic E-state index is 0.0881. The Kier molecular flexibility index (Phi) is 6.37. The zero-order valence-electron chi connectivity index (χ0n) is 16.8. The van der Waals surface area contributed by atoms with E-state index in [0.717, 1.165) is 57.3 Å². The molecule has 1 aliphatic heterocycles. The van der Waals surface area contributed by atoms with Crippen LogP contribution in [0.15, 0.2) is 12.7 Å². The van der Waals surface area contributed by atoms with E-state index in [-0.39, 0.29) is 17.9 Å². The van der Waals surface area contributed by atoms with Crippen molar-refractivity contribution in [3.8, 4) is 0 Å². The summed E-state index contributed by atoms with van der Waals surface area (Å²) in [5.74, 6) is 0.0881. The quantitative estimate of drug-likeness (QED) is 0.718. The third-order valence-corrected chi connectivity index (χ3v) is 5.79. The first-order valence-corrected chi connectivity index (χ1v) is 10.3. The van der Waals surface area contributed by atoms with E-state index in [1.54, 1.807) is 0 Å². The fourth-order valence-corrected chi connectivity index (χ4v) is 4.03. The summed E-state index contributed by atoms with van der Waals surface area (Å²) < 4.78 is 1.97. The zero-order chi connectivity index (χ0) is 19.4. The number of carbonyl (C=O) groups is 1. The summed E-state index contributed by atoms with van der Waals surface area (Å²) in [4.78, 5) is 15.1. The molecule has 1 unspecified atom stereocenters. The van der Waals surface area contributed by atoms with E-state index in [1.165, 1.54) is 12.1 Å². The van der Waals surface area contributed by atoms with Gasteiger partial charge in [-0.15, -0.1) is 6.58 Å². The lowest BCUT2D eigenvalue weighted by Gasteiger charge is -2.30. The Morgan fingerprint density at radius 3 is 2.78 bits per heavy atom. The number of carbonyl (C=O) groups excluding carboxylic acids is 1. The Morgan fingerprint density at radius 2 is 2.11 bits per heavy atom. The monoisotopic (exact) mass is 374 g/mol. The number of hydrogen-bond acceptors (Lipinski definition) is 4. The van der Waals surface area contributed by atoms with Crippen molar-refractivity contribution in [3.05, 3.63) is 29.6 Å². The predicted octanol–water partition coefficient (Wildman–Crippen LogP) is 2.16. The van der Waals surface area contributed by atoms with Crippen LogP contribution < -0.4 is 5.32 Å². The molecular formula is C21H34N4O2. The number of nitrogens with zero attached hydrogens (tertiary/aromatic N) is 3. The molecule has 150 valence electrons. The normalized spacial score (nSPS) is 20.4. The minimum atomic E-state index is -0.139. The molecule has 0 spiro atoms. The molecular weight excluding hydrogens is 340 g/mol. The summed E-state index contributed by atoms with van der Waals surface area (Å²) in [6, 6.07) is 0.317. The predicted molar refractivity (Wildman–Crippen MR) is 107 cm³/mol. The van der Waals surface area contributed by atoms with Crippen LogP contribution in [0, 0.1) is 5.41 Å². The third-order valence-electron chi connectivity index (χ3n) is 5.79. The van der Waals surface area contributed by atoms with Crippen LogP contribution in [0.2, 0.25) is 0 Å². The lowest BCUT2D eigenvalue weighted by molar-refractivity contribution is 0.0716. The van der Waals surface area contributed by atoms with Gasteiger partial charge in [0, 0.05) is 49.0 Å². The first-order valence-electron chi connectivity index (χ1n) is 10.3. The van der Waals surface area contributed by atoms with Crippen LogP contribution in [0.25, 0.3) is 0 Å². The maximum atomic E-state index is 13.1. The highest BCUT2D eigenvalue weighted by Gasteiger charge is 2.32. The van der Waals surface area contributed by atoms with Gasteiger partial charge in [0.15, 0.2) is 5.69 Å². The Balaban J connectivity index is 1.79. The van der Waals surface area contributed by atoms with E-state index in [4.69, 9.17) is 5.10 Å². The van der Waals surface area contributed by atoms with Crippen LogP contribution in [0.1, 0.15) is 61.3 Å². The van der Waals surface area contributed by atoms with Gasteiger partial charge in [-0.05, 0) is 38.5 Å². The fourth-order valence-electron chi connectivity index (χ4n) is 4.03. The molecule has 1 atom stereocenters. The molecule has 1 aliphatic carbocycles. The lowest BCUT2D eigenvalue weighted by Crippen LogP contribution is -2.42. The van der Waals surface area contributed by atoms with E-state index in [0.29, 0.717) is 18.3 Å². The van der Waals surface area contributed by atoms with Crippen molar-refractivity contribution in [2.75, 3.05) is 26.2 Å². The summed E-state index contributed by atoms with van der Waals surface area (Å²) in [6.45, 7) is 11.2. The highest BCUT2D eigenvalue weighted by molar-refractivity contribution is 5.94. The smallest absolute Gasteiger partial charge is 0.274 e. The molecule has 1 saturated heterocycles. The van der Waals surface area contributed by atoms with Crippen molar-refractivity contribution in [2.45, 2.75) is 65.0 Å². The molecule has 0 aromatic carbocycles. The molecule has 2 aliphatic rings. The number of nitrogens with one attached hydrogen (secondary N) is 1. The van der Waals surface area contributed by atoms with Crippen LogP contribution in [-0.2, 0) is 19.4 Å². The molecule has 1 fully saturated rings. The Bertz CT molecular complexity index is 674. The molecule has 3 rings (SSSR count). The standard InChI is InChI=1S/C21H34N4O2/c1-4-10-25-18-9-8-16(22-14-21(2,3)15-26)13-17(18)19(23-25)20(27)24-11-6-5-7-12-24/h4,16,22,26H,1,5-15H2,2-3H3. The molecule has 2 N–H and O–H groups in total. The van der Waals surface area contributed by atoms with Gasteiger partial charge in [0.25, 0.3) is 5.91 Å². The van der Waals surface area contributed by atoms with E-state index < -0.39 is 0 Å². The number of piperidine rings is 1. The van der Waals surface area contributed by atoms with Gasteiger partial charge in [0.05, 0.1) is 6.54 Å². The first-order chi connectivity index (χ1) is 12.9. The second kappa shape index (κ2) is 8.57. The van der Waals surface area contributed by atoms with Gasteiger partial charge >= 0.3 is 0 Å². The Morgan fingerprint density at radius 1 is 1.37 bits per heavy atom. The number of likely N-dealkylation sites (tertiary alicyclic amines) is 1. The van der Waals surface area contributed by atoms with Crippen LogP contribution in [0.3, 0.4) is 0 Å².